The molecule has 1 aromatic heterocycles. The van der Waals surface area contributed by atoms with Gasteiger partial charge in [0, 0.05) is 12.2 Å². The summed E-state index contributed by atoms with van der Waals surface area (Å²) in [6.07, 6.45) is 7.03. The molecular formula is C17H22N2S2. The first kappa shape index (κ1) is 14.9. The van der Waals surface area contributed by atoms with Crippen molar-refractivity contribution in [3.05, 3.63) is 29.8 Å². The van der Waals surface area contributed by atoms with Gasteiger partial charge in [-0.15, -0.1) is 11.3 Å². The van der Waals surface area contributed by atoms with Crippen molar-refractivity contribution in [2.45, 2.75) is 31.0 Å². The van der Waals surface area contributed by atoms with Crippen LogP contribution in [0.3, 0.4) is 0 Å². The summed E-state index contributed by atoms with van der Waals surface area (Å²) in [4.78, 5) is 4.59. The van der Waals surface area contributed by atoms with Crippen LogP contribution in [-0.4, -0.2) is 17.8 Å². The second-order valence-electron chi connectivity index (χ2n) is 6.04. The Balaban J connectivity index is 1.66. The lowest BCUT2D eigenvalue weighted by Crippen LogP contribution is -2.20. The molecule has 112 valence electrons. The molecule has 2 atom stereocenters. The average molecular weight is 319 g/mol. The SMILES string of the molecule is CSc1nc2ccc(NCC3CC(C)=CC(C)C3)cc2s1. The molecule has 4 heteroatoms. The first-order valence-corrected chi connectivity index (χ1v) is 9.54. The van der Waals surface area contributed by atoms with Crippen LogP contribution in [0.25, 0.3) is 10.2 Å². The molecule has 2 aromatic rings. The number of nitrogens with one attached hydrogen (secondary N) is 1. The smallest absolute Gasteiger partial charge is 0.150 e. The topological polar surface area (TPSA) is 24.9 Å². The quantitative estimate of drug-likeness (QED) is 0.601. The van der Waals surface area contributed by atoms with Crippen molar-refractivity contribution in [1.82, 2.24) is 4.98 Å². The van der Waals surface area contributed by atoms with Gasteiger partial charge in [-0.05, 0) is 56.1 Å². The first-order valence-electron chi connectivity index (χ1n) is 7.50. The van der Waals surface area contributed by atoms with Crippen LogP contribution in [0.1, 0.15) is 26.7 Å². The van der Waals surface area contributed by atoms with Crippen LogP contribution in [-0.2, 0) is 0 Å². The predicted molar refractivity (Wildman–Crippen MR) is 95.5 cm³/mol. The third-order valence-electron chi connectivity index (χ3n) is 4.02. The maximum atomic E-state index is 4.59. The summed E-state index contributed by atoms with van der Waals surface area (Å²) in [6, 6.07) is 6.52. The number of rotatable bonds is 4. The van der Waals surface area contributed by atoms with Gasteiger partial charge in [0.05, 0.1) is 10.2 Å². The van der Waals surface area contributed by atoms with Gasteiger partial charge in [-0.25, -0.2) is 4.98 Å². The van der Waals surface area contributed by atoms with E-state index in [9.17, 15) is 0 Å². The average Bonchev–Trinajstić information content (AvgIpc) is 2.86. The number of hydrogen-bond donors (Lipinski definition) is 1. The molecular weight excluding hydrogens is 296 g/mol. The van der Waals surface area contributed by atoms with Gasteiger partial charge in [-0.2, -0.15) is 0 Å². The summed E-state index contributed by atoms with van der Waals surface area (Å²) >= 11 is 3.49. The highest BCUT2D eigenvalue weighted by atomic mass is 32.2. The van der Waals surface area contributed by atoms with E-state index in [1.165, 1.54) is 23.2 Å². The Kier molecular flexibility index (Phi) is 4.55. The molecule has 0 saturated heterocycles. The number of nitrogens with zero attached hydrogens (tertiary/aromatic N) is 1. The lowest BCUT2D eigenvalue weighted by Gasteiger charge is -2.26. The Morgan fingerprint density at radius 1 is 1.43 bits per heavy atom. The molecule has 1 aromatic carbocycles. The van der Waals surface area contributed by atoms with Gasteiger partial charge in [-0.3, -0.25) is 0 Å². The second-order valence-corrected chi connectivity index (χ2v) is 8.13. The van der Waals surface area contributed by atoms with Crippen LogP contribution in [0.2, 0.25) is 0 Å². The molecule has 1 N–H and O–H groups in total. The Morgan fingerprint density at radius 2 is 2.29 bits per heavy atom. The first-order chi connectivity index (χ1) is 10.1. The molecule has 3 rings (SSSR count). The van der Waals surface area contributed by atoms with Gasteiger partial charge >= 0.3 is 0 Å². The largest absolute Gasteiger partial charge is 0.385 e. The highest BCUT2D eigenvalue weighted by Gasteiger charge is 2.17. The zero-order valence-corrected chi connectivity index (χ0v) is 14.5. The van der Waals surface area contributed by atoms with Gasteiger partial charge in [-0.1, -0.05) is 30.3 Å². The van der Waals surface area contributed by atoms with Gasteiger partial charge in [0.15, 0.2) is 4.34 Å². The van der Waals surface area contributed by atoms with Crippen molar-refractivity contribution in [2.24, 2.45) is 11.8 Å². The molecule has 0 fully saturated rings. The summed E-state index contributed by atoms with van der Waals surface area (Å²) in [5.41, 5.74) is 3.88. The number of allylic oxidation sites excluding steroid dienone is 2. The van der Waals surface area contributed by atoms with Crippen LogP contribution in [0.15, 0.2) is 34.2 Å². The Hall–Kier alpha value is -1.000. The van der Waals surface area contributed by atoms with E-state index in [-0.39, 0.29) is 0 Å². The summed E-state index contributed by atoms with van der Waals surface area (Å²) in [6.45, 7) is 5.65. The summed E-state index contributed by atoms with van der Waals surface area (Å²) in [7, 11) is 0. The Labute approximate surface area is 135 Å². The van der Waals surface area contributed by atoms with Crippen LogP contribution >= 0.6 is 23.1 Å². The number of fused-ring (bicyclic) bond motifs is 1. The molecule has 1 heterocycles. The minimum Gasteiger partial charge on any atom is -0.385 e. The van der Waals surface area contributed by atoms with Gasteiger partial charge in [0.25, 0.3) is 0 Å². The lowest BCUT2D eigenvalue weighted by atomic mass is 9.84. The fourth-order valence-electron chi connectivity index (χ4n) is 3.20. The van der Waals surface area contributed by atoms with E-state index in [2.05, 4.69) is 54.7 Å². The van der Waals surface area contributed by atoms with Gasteiger partial charge < -0.3 is 5.32 Å². The molecule has 0 amide bonds. The van der Waals surface area contributed by atoms with E-state index < -0.39 is 0 Å². The van der Waals surface area contributed by atoms with E-state index >= 15 is 0 Å². The minimum absolute atomic E-state index is 0.721. The van der Waals surface area contributed by atoms with Crippen LogP contribution < -0.4 is 5.32 Å². The van der Waals surface area contributed by atoms with Crippen molar-refractivity contribution in [2.75, 3.05) is 18.1 Å². The number of thiazole rings is 1. The van der Waals surface area contributed by atoms with Crippen molar-refractivity contribution >= 4 is 39.0 Å². The molecule has 2 nitrogen and oxygen atoms in total. The van der Waals surface area contributed by atoms with Crippen LogP contribution in [0.4, 0.5) is 5.69 Å². The third-order valence-corrected chi connectivity index (χ3v) is 6.03. The summed E-state index contributed by atoms with van der Waals surface area (Å²) in [5, 5.41) is 3.62. The molecule has 21 heavy (non-hydrogen) atoms. The Bertz CT molecular complexity index is 660. The molecule has 0 saturated carbocycles. The predicted octanol–water partition coefficient (Wildman–Crippen LogP) is 5.42. The standard InChI is InChI=1S/C17H22N2S2/c1-11-6-12(2)8-13(7-11)10-18-14-4-5-15-16(9-14)21-17(19-15)20-3/h4-6,9,11,13,18H,7-8,10H2,1-3H3. The molecule has 2 unspecified atom stereocenters. The molecule has 0 spiro atoms. The van der Waals surface area contributed by atoms with Crippen LogP contribution in [0.5, 0.6) is 0 Å². The van der Waals surface area contributed by atoms with Gasteiger partial charge in [0.1, 0.15) is 0 Å². The zero-order valence-electron chi connectivity index (χ0n) is 12.8. The zero-order chi connectivity index (χ0) is 14.8. The fourth-order valence-corrected chi connectivity index (χ4v) is 4.73. The van der Waals surface area contributed by atoms with Crippen molar-refractivity contribution in [3.63, 3.8) is 0 Å². The van der Waals surface area contributed by atoms with Crippen molar-refractivity contribution in [3.8, 4) is 0 Å². The molecule has 0 aliphatic heterocycles. The third kappa shape index (κ3) is 3.61. The highest BCUT2D eigenvalue weighted by Crippen LogP contribution is 2.31. The fraction of sp³-hybridized carbons (Fsp3) is 0.471. The number of anilines is 1. The van der Waals surface area contributed by atoms with E-state index in [1.807, 2.05) is 0 Å². The Morgan fingerprint density at radius 3 is 3.05 bits per heavy atom. The molecule has 1 aliphatic carbocycles. The maximum Gasteiger partial charge on any atom is 0.150 e. The normalized spacial score (nSPS) is 22.3. The molecule has 1 aliphatic rings. The highest BCUT2D eigenvalue weighted by molar-refractivity contribution is 8.00. The minimum atomic E-state index is 0.721. The van der Waals surface area contributed by atoms with E-state index in [4.69, 9.17) is 0 Å². The summed E-state index contributed by atoms with van der Waals surface area (Å²) < 4.78 is 2.42. The monoisotopic (exact) mass is 318 g/mol. The second kappa shape index (κ2) is 6.41. The lowest BCUT2D eigenvalue weighted by molar-refractivity contribution is 0.421. The van der Waals surface area contributed by atoms with Crippen molar-refractivity contribution < 1.29 is 0 Å². The molecule has 0 bridgehead atoms. The van der Waals surface area contributed by atoms with E-state index in [0.717, 1.165) is 28.2 Å². The number of thioether (sulfide) groups is 1. The van der Waals surface area contributed by atoms with E-state index in [1.54, 1.807) is 28.7 Å². The number of hydrogen-bond acceptors (Lipinski definition) is 4. The maximum absolute atomic E-state index is 4.59. The van der Waals surface area contributed by atoms with Crippen LogP contribution in [0, 0.1) is 11.8 Å². The van der Waals surface area contributed by atoms with Gasteiger partial charge in [0.2, 0.25) is 0 Å². The number of benzene rings is 1. The molecule has 0 radical (unpaired) electrons. The van der Waals surface area contributed by atoms with E-state index in [0.29, 0.717) is 0 Å². The summed E-state index contributed by atoms with van der Waals surface area (Å²) in [5.74, 6) is 1.47. The van der Waals surface area contributed by atoms with Crippen molar-refractivity contribution in [1.29, 1.82) is 0 Å². The number of aromatic nitrogens is 1.